The Morgan fingerprint density at radius 2 is 1.05 bits per heavy atom. The van der Waals surface area contributed by atoms with Crippen molar-refractivity contribution < 1.29 is 16.8 Å². The molecule has 0 saturated heterocycles. The van der Waals surface area contributed by atoms with Crippen LogP contribution in [0.25, 0.3) is 0 Å². The number of hydrogen-bond acceptors (Lipinski definition) is 11. The van der Waals surface area contributed by atoms with E-state index >= 15 is 0 Å². The Balaban J connectivity index is 1.57. The number of nitrogens with one attached hydrogen (secondary N) is 5. The lowest BCUT2D eigenvalue weighted by atomic mass is 10.1. The second-order valence-corrected chi connectivity index (χ2v) is 12.8. The summed E-state index contributed by atoms with van der Waals surface area (Å²) in [5.41, 5.74) is 9.24. The first kappa shape index (κ1) is 31.2. The van der Waals surface area contributed by atoms with E-state index in [1.54, 1.807) is 44.2 Å². The van der Waals surface area contributed by atoms with Gasteiger partial charge in [0, 0.05) is 11.8 Å². The first-order valence-electron chi connectivity index (χ1n) is 12.9. The van der Waals surface area contributed by atoms with Gasteiger partial charge < -0.3 is 5.32 Å². The molecule has 1 heterocycles. The summed E-state index contributed by atoms with van der Waals surface area (Å²) in [6.45, 7) is 3.55. The van der Waals surface area contributed by atoms with E-state index in [0.29, 0.717) is 34.2 Å². The summed E-state index contributed by atoms with van der Waals surface area (Å²) >= 11 is 0. The van der Waals surface area contributed by atoms with Crippen LogP contribution in [-0.2, 0) is 20.0 Å². The molecule has 0 fully saturated rings. The van der Waals surface area contributed by atoms with E-state index in [1.807, 2.05) is 30.3 Å². The Hall–Kier alpha value is -4.70. The zero-order chi connectivity index (χ0) is 31.0. The molecule has 4 rings (SSSR count). The second-order valence-electron chi connectivity index (χ2n) is 9.03. The molecule has 0 aliphatic carbocycles. The van der Waals surface area contributed by atoms with Crippen LogP contribution in [0.2, 0.25) is 0 Å². The summed E-state index contributed by atoms with van der Waals surface area (Å²) in [4.78, 5) is 9.30. The Bertz CT molecular complexity index is 1730. The van der Waals surface area contributed by atoms with E-state index < -0.39 is 20.0 Å². The van der Waals surface area contributed by atoms with Crippen molar-refractivity contribution in [2.75, 3.05) is 30.3 Å². The lowest BCUT2D eigenvalue weighted by Gasteiger charge is -2.11. The van der Waals surface area contributed by atoms with Gasteiger partial charge in [0.25, 0.3) is 0 Å². The largest absolute Gasteiger partial charge is 0.324 e. The highest BCUT2D eigenvalue weighted by Crippen LogP contribution is 2.19. The Kier molecular flexibility index (Phi) is 9.82. The molecular weight excluding hydrogens is 591 g/mol. The molecule has 0 bridgehead atoms. The van der Waals surface area contributed by atoms with Gasteiger partial charge in [0.1, 0.15) is 0 Å². The molecule has 0 spiro atoms. The van der Waals surface area contributed by atoms with Crippen molar-refractivity contribution in [3.63, 3.8) is 0 Å². The lowest BCUT2D eigenvalue weighted by molar-refractivity contribution is 0.586. The van der Waals surface area contributed by atoms with Gasteiger partial charge in [0.05, 0.1) is 21.2 Å². The van der Waals surface area contributed by atoms with Gasteiger partial charge in [-0.1, -0.05) is 42.5 Å². The van der Waals surface area contributed by atoms with Crippen molar-refractivity contribution in [2.45, 2.75) is 23.6 Å². The average Bonchev–Trinajstić information content (AvgIpc) is 3.03. The minimum atomic E-state index is -3.54. The van der Waals surface area contributed by atoms with Crippen LogP contribution in [0.3, 0.4) is 0 Å². The van der Waals surface area contributed by atoms with Crippen LogP contribution in [0.4, 0.5) is 23.3 Å². The van der Waals surface area contributed by atoms with E-state index in [-0.39, 0.29) is 15.7 Å². The molecule has 0 aliphatic heterocycles. The van der Waals surface area contributed by atoms with E-state index in [9.17, 15) is 16.8 Å². The molecule has 0 unspecified atom stereocenters. The number of sulfonamides is 2. The second kappa shape index (κ2) is 13.5. The third-order valence-electron chi connectivity index (χ3n) is 6.13. The Labute approximate surface area is 250 Å². The van der Waals surface area contributed by atoms with Crippen LogP contribution in [0.15, 0.2) is 105 Å². The molecule has 0 radical (unpaired) electrons. The fourth-order valence-corrected chi connectivity index (χ4v) is 5.13. The minimum absolute atomic E-state index is 0.150. The van der Waals surface area contributed by atoms with Gasteiger partial charge in [-0.2, -0.15) is 20.2 Å². The topological polar surface area (TPSA) is 179 Å². The van der Waals surface area contributed by atoms with Crippen LogP contribution in [0.1, 0.15) is 25.0 Å². The molecule has 3 aromatic carbocycles. The maximum absolute atomic E-state index is 12.0. The van der Waals surface area contributed by atoms with E-state index in [4.69, 9.17) is 0 Å². The highest BCUT2D eigenvalue weighted by molar-refractivity contribution is 7.89. The van der Waals surface area contributed by atoms with Crippen LogP contribution in [0, 0.1) is 0 Å². The first-order chi connectivity index (χ1) is 20.5. The van der Waals surface area contributed by atoms with Gasteiger partial charge in [-0.15, -0.1) is 0 Å². The maximum atomic E-state index is 12.0. The highest BCUT2D eigenvalue weighted by atomic mass is 32.2. The number of aromatic nitrogens is 2. The van der Waals surface area contributed by atoms with E-state index in [1.165, 1.54) is 38.4 Å². The van der Waals surface area contributed by atoms with Crippen molar-refractivity contribution in [1.29, 1.82) is 0 Å². The standard InChI is InChI=1S/C28H31N9O4S2/c1-19(21-10-14-24(15-11-21)42(38,39)29-3)34-36-26-18-27(33-28(32-26)31-23-8-6-5-7-9-23)37-35-20(2)22-12-16-25(17-13-22)43(40,41)30-4/h5-18,29-30H,1-4H3,(H3,31,32,33,36,37)/b34-19-,35-20-. The molecule has 43 heavy (non-hydrogen) atoms. The van der Waals surface area contributed by atoms with Crippen LogP contribution in [0.5, 0.6) is 0 Å². The molecule has 1 aromatic heterocycles. The molecule has 0 saturated carbocycles. The average molecular weight is 622 g/mol. The predicted molar refractivity (Wildman–Crippen MR) is 169 cm³/mol. The molecule has 0 amide bonds. The van der Waals surface area contributed by atoms with Crippen LogP contribution >= 0.6 is 0 Å². The number of anilines is 4. The summed E-state index contributed by atoms with van der Waals surface area (Å²) in [5.74, 6) is 1.00. The molecule has 4 aromatic rings. The number of hydrazone groups is 2. The molecule has 15 heteroatoms. The minimum Gasteiger partial charge on any atom is -0.324 e. The van der Waals surface area contributed by atoms with Gasteiger partial charge >= 0.3 is 0 Å². The first-order valence-corrected chi connectivity index (χ1v) is 15.9. The number of benzene rings is 3. The molecule has 13 nitrogen and oxygen atoms in total. The number of hydrogen-bond donors (Lipinski definition) is 5. The quantitative estimate of drug-likeness (QED) is 0.116. The third kappa shape index (κ3) is 8.20. The SMILES string of the molecule is CNS(=O)(=O)c1ccc(/C(C)=N\Nc2cc(N/N=C(/C)c3ccc(S(=O)(=O)NC)cc3)nc(Nc3ccccc3)n2)cc1. The number of para-hydroxylation sites is 1. The number of nitrogens with zero attached hydrogens (tertiary/aromatic N) is 4. The Morgan fingerprint density at radius 1 is 0.628 bits per heavy atom. The molecule has 224 valence electrons. The van der Waals surface area contributed by atoms with Crippen LogP contribution < -0.4 is 25.6 Å². The molecular formula is C28H31N9O4S2. The van der Waals surface area contributed by atoms with Crippen molar-refractivity contribution >= 4 is 54.7 Å². The summed E-state index contributed by atoms with van der Waals surface area (Å²) < 4.78 is 52.6. The Morgan fingerprint density at radius 3 is 1.44 bits per heavy atom. The normalized spacial score (nSPS) is 12.6. The molecule has 0 atom stereocenters. The smallest absolute Gasteiger partial charge is 0.240 e. The van der Waals surface area contributed by atoms with Crippen molar-refractivity contribution in [3.05, 3.63) is 96.1 Å². The fraction of sp³-hybridized carbons (Fsp3) is 0.143. The van der Waals surface area contributed by atoms with Gasteiger partial charge in [0.15, 0.2) is 11.6 Å². The van der Waals surface area contributed by atoms with E-state index in [0.717, 1.165) is 5.69 Å². The van der Waals surface area contributed by atoms with Crippen molar-refractivity contribution in [1.82, 2.24) is 19.4 Å². The lowest BCUT2D eigenvalue weighted by Crippen LogP contribution is -2.18. The maximum Gasteiger partial charge on any atom is 0.240 e. The van der Waals surface area contributed by atoms with Gasteiger partial charge in [0.2, 0.25) is 26.0 Å². The summed E-state index contributed by atoms with van der Waals surface area (Å²) in [5, 5.41) is 12.0. The number of rotatable bonds is 12. The van der Waals surface area contributed by atoms with Crippen molar-refractivity contribution in [3.8, 4) is 0 Å². The predicted octanol–water partition coefficient (Wildman–Crippen LogP) is 3.71. The van der Waals surface area contributed by atoms with Crippen LogP contribution in [-0.4, -0.2) is 52.3 Å². The van der Waals surface area contributed by atoms with Crippen molar-refractivity contribution in [2.24, 2.45) is 10.2 Å². The fourth-order valence-electron chi connectivity index (χ4n) is 3.67. The monoisotopic (exact) mass is 621 g/mol. The van der Waals surface area contributed by atoms with Gasteiger partial charge in [-0.3, -0.25) is 10.9 Å². The van der Waals surface area contributed by atoms with E-state index in [2.05, 4.69) is 45.8 Å². The van der Waals surface area contributed by atoms with Gasteiger partial charge in [-0.05, 0) is 75.5 Å². The molecule has 0 aliphatic rings. The highest BCUT2D eigenvalue weighted by Gasteiger charge is 2.12. The zero-order valence-electron chi connectivity index (χ0n) is 23.8. The third-order valence-corrected chi connectivity index (χ3v) is 9.00. The summed E-state index contributed by atoms with van der Waals surface area (Å²) in [6, 6.07) is 23.7. The zero-order valence-corrected chi connectivity index (χ0v) is 25.5. The summed E-state index contributed by atoms with van der Waals surface area (Å²) in [7, 11) is -4.37. The molecule has 5 N–H and O–H groups in total. The van der Waals surface area contributed by atoms with Gasteiger partial charge in [-0.25, -0.2) is 26.3 Å². The summed E-state index contributed by atoms with van der Waals surface area (Å²) in [6.07, 6.45) is 0.